The molecule has 2 aliphatic rings. The molecule has 0 saturated carbocycles. The second-order valence-electron chi connectivity index (χ2n) is 6.99. The minimum atomic E-state index is -0.423. The molecule has 26 heavy (non-hydrogen) atoms. The van der Waals surface area contributed by atoms with E-state index in [2.05, 4.69) is 19.4 Å². The topological polar surface area (TPSA) is 66.3 Å². The molecule has 1 aromatic carbocycles. The number of carbonyl (C=O) groups excluding carboxylic acids is 2. The lowest BCUT2D eigenvalue weighted by Crippen LogP contribution is -3.06. The van der Waals surface area contributed by atoms with Gasteiger partial charge in [0.2, 0.25) is 0 Å². The molecule has 7 nitrogen and oxygen atoms in total. The van der Waals surface area contributed by atoms with Crippen molar-refractivity contribution in [1.29, 1.82) is 0 Å². The van der Waals surface area contributed by atoms with Gasteiger partial charge in [0.05, 0.1) is 57.6 Å². The first-order valence-corrected chi connectivity index (χ1v) is 9.00. The fourth-order valence-corrected chi connectivity index (χ4v) is 3.34. The van der Waals surface area contributed by atoms with Gasteiger partial charge in [-0.25, -0.2) is 4.79 Å². The van der Waals surface area contributed by atoms with E-state index in [9.17, 15) is 9.59 Å². The molecule has 0 bridgehead atoms. The van der Waals surface area contributed by atoms with Crippen LogP contribution in [-0.2, 0) is 4.79 Å². The van der Waals surface area contributed by atoms with Crippen molar-refractivity contribution in [1.82, 2.24) is 15.1 Å². The van der Waals surface area contributed by atoms with Crippen LogP contribution in [0.25, 0.3) is 0 Å². The van der Waals surface area contributed by atoms with E-state index < -0.39 is 6.04 Å². The standard InChI is InChI=1S/C19H26N4O3/c1-5-26-14-8-6-13(7-9-14)17-16-15(22(4)19(25)20-17)12-23(18(16)24)11-10-21(2)3/h6-9,17H,5,10-12H2,1-4H3,(H,20,25)/p+1/t17-/m0/s1. The fourth-order valence-electron chi connectivity index (χ4n) is 3.34. The third-order valence-corrected chi connectivity index (χ3v) is 4.84. The van der Waals surface area contributed by atoms with Gasteiger partial charge >= 0.3 is 6.03 Å². The Morgan fingerprint density at radius 3 is 2.54 bits per heavy atom. The van der Waals surface area contributed by atoms with Gasteiger partial charge in [0.1, 0.15) is 5.75 Å². The minimum Gasteiger partial charge on any atom is -0.494 e. The van der Waals surface area contributed by atoms with Crippen LogP contribution in [0.15, 0.2) is 35.5 Å². The van der Waals surface area contributed by atoms with Crippen LogP contribution in [0.3, 0.4) is 0 Å². The molecule has 0 unspecified atom stereocenters. The molecule has 1 aromatic rings. The van der Waals surface area contributed by atoms with Crippen molar-refractivity contribution in [3.8, 4) is 5.75 Å². The molecule has 0 saturated heterocycles. The van der Waals surface area contributed by atoms with Gasteiger partial charge in [-0.15, -0.1) is 0 Å². The van der Waals surface area contributed by atoms with E-state index >= 15 is 0 Å². The number of nitrogens with one attached hydrogen (secondary N) is 2. The van der Waals surface area contributed by atoms with Gasteiger partial charge in [-0.1, -0.05) is 12.1 Å². The number of quaternary nitrogens is 1. The molecule has 140 valence electrons. The van der Waals surface area contributed by atoms with Crippen LogP contribution in [0.1, 0.15) is 18.5 Å². The average Bonchev–Trinajstić information content (AvgIpc) is 2.94. The summed E-state index contributed by atoms with van der Waals surface area (Å²) in [5, 5.41) is 2.96. The highest BCUT2D eigenvalue weighted by Crippen LogP contribution is 2.35. The number of nitrogens with zero attached hydrogens (tertiary/aromatic N) is 2. The summed E-state index contributed by atoms with van der Waals surface area (Å²) in [6.07, 6.45) is 0. The van der Waals surface area contributed by atoms with E-state index in [4.69, 9.17) is 4.74 Å². The molecular formula is C19H27N4O3+. The highest BCUT2D eigenvalue weighted by molar-refractivity contribution is 6.01. The zero-order chi connectivity index (χ0) is 18.8. The van der Waals surface area contributed by atoms with Gasteiger partial charge in [-0.05, 0) is 24.6 Å². The number of carbonyl (C=O) groups is 2. The summed E-state index contributed by atoms with van der Waals surface area (Å²) in [7, 11) is 5.84. The van der Waals surface area contributed by atoms with Crippen molar-refractivity contribution in [2.24, 2.45) is 0 Å². The second-order valence-corrected chi connectivity index (χ2v) is 6.99. The number of hydrogen-bond donors (Lipinski definition) is 2. The predicted octanol–water partition coefficient (Wildman–Crippen LogP) is 0.0222. The molecule has 0 fully saturated rings. The Labute approximate surface area is 154 Å². The highest BCUT2D eigenvalue weighted by Gasteiger charge is 2.42. The summed E-state index contributed by atoms with van der Waals surface area (Å²) >= 11 is 0. The summed E-state index contributed by atoms with van der Waals surface area (Å²) in [6.45, 7) is 4.56. The summed E-state index contributed by atoms with van der Waals surface area (Å²) in [6, 6.07) is 6.95. The fraction of sp³-hybridized carbons (Fsp3) is 0.474. The van der Waals surface area contributed by atoms with Crippen molar-refractivity contribution < 1.29 is 19.2 Å². The quantitative estimate of drug-likeness (QED) is 0.753. The van der Waals surface area contributed by atoms with Gasteiger partial charge in [0.25, 0.3) is 5.91 Å². The number of rotatable bonds is 6. The van der Waals surface area contributed by atoms with Crippen LogP contribution in [-0.4, -0.2) is 69.1 Å². The summed E-state index contributed by atoms with van der Waals surface area (Å²) in [4.78, 5) is 30.1. The number of amides is 3. The molecule has 0 spiro atoms. The van der Waals surface area contributed by atoms with Crippen LogP contribution < -0.4 is 15.0 Å². The SMILES string of the molecule is CCOc1ccc([C@@H]2NC(=O)N(C)C3=C2C(=O)N(CC[NH+](C)C)C3)cc1. The van der Waals surface area contributed by atoms with Crippen molar-refractivity contribution in [3.05, 3.63) is 41.1 Å². The third-order valence-electron chi connectivity index (χ3n) is 4.84. The van der Waals surface area contributed by atoms with E-state index in [1.54, 1.807) is 11.9 Å². The largest absolute Gasteiger partial charge is 0.494 e. The number of benzene rings is 1. The summed E-state index contributed by atoms with van der Waals surface area (Å²) in [5.74, 6) is 0.782. The third kappa shape index (κ3) is 3.39. The Morgan fingerprint density at radius 1 is 1.23 bits per heavy atom. The molecule has 0 radical (unpaired) electrons. The van der Waals surface area contributed by atoms with Gasteiger partial charge in [-0.2, -0.15) is 0 Å². The van der Waals surface area contributed by atoms with Crippen LogP contribution in [0, 0.1) is 0 Å². The summed E-state index contributed by atoms with van der Waals surface area (Å²) < 4.78 is 5.48. The first-order valence-electron chi connectivity index (χ1n) is 9.00. The Hall–Kier alpha value is -2.54. The Balaban J connectivity index is 1.88. The van der Waals surface area contributed by atoms with Crippen LogP contribution in [0.2, 0.25) is 0 Å². The molecule has 3 rings (SSSR count). The van der Waals surface area contributed by atoms with Crippen LogP contribution in [0.5, 0.6) is 5.75 Å². The monoisotopic (exact) mass is 359 g/mol. The summed E-state index contributed by atoms with van der Waals surface area (Å²) in [5.41, 5.74) is 2.35. The maximum Gasteiger partial charge on any atom is 0.322 e. The predicted molar refractivity (Wildman–Crippen MR) is 97.9 cm³/mol. The van der Waals surface area contributed by atoms with Gasteiger partial charge in [0, 0.05) is 7.05 Å². The molecule has 2 aliphatic heterocycles. The zero-order valence-electron chi connectivity index (χ0n) is 15.8. The minimum absolute atomic E-state index is 0.00647. The Kier molecular flexibility index (Phi) is 5.18. The lowest BCUT2D eigenvalue weighted by Gasteiger charge is -2.31. The van der Waals surface area contributed by atoms with Crippen LogP contribution >= 0.6 is 0 Å². The molecule has 2 N–H and O–H groups in total. The first kappa shape index (κ1) is 18.3. The van der Waals surface area contributed by atoms with Crippen molar-refractivity contribution in [2.45, 2.75) is 13.0 Å². The first-order chi connectivity index (χ1) is 12.4. The van der Waals surface area contributed by atoms with Gasteiger partial charge in [-0.3, -0.25) is 9.69 Å². The van der Waals surface area contributed by atoms with E-state index in [1.165, 1.54) is 4.90 Å². The van der Waals surface area contributed by atoms with Gasteiger partial charge < -0.3 is 19.9 Å². The molecule has 2 heterocycles. The molecule has 0 aromatic heterocycles. The van der Waals surface area contributed by atoms with E-state index in [1.807, 2.05) is 36.1 Å². The van der Waals surface area contributed by atoms with E-state index in [-0.39, 0.29) is 11.9 Å². The number of urea groups is 1. The lowest BCUT2D eigenvalue weighted by atomic mass is 9.95. The molecule has 0 aliphatic carbocycles. The average molecular weight is 359 g/mol. The van der Waals surface area contributed by atoms with Gasteiger partial charge in [0.15, 0.2) is 0 Å². The van der Waals surface area contributed by atoms with Crippen LogP contribution in [0.4, 0.5) is 4.79 Å². The lowest BCUT2D eigenvalue weighted by molar-refractivity contribution is -0.857. The zero-order valence-corrected chi connectivity index (χ0v) is 15.8. The Morgan fingerprint density at radius 2 is 1.92 bits per heavy atom. The number of likely N-dealkylation sites (N-methyl/N-ethyl adjacent to an activating group) is 2. The molecular weight excluding hydrogens is 332 g/mol. The normalized spacial score (nSPS) is 20.0. The van der Waals surface area contributed by atoms with Crippen molar-refractivity contribution >= 4 is 11.9 Å². The molecule has 3 amide bonds. The second kappa shape index (κ2) is 7.37. The van der Waals surface area contributed by atoms with Crippen molar-refractivity contribution in [2.75, 3.05) is 47.4 Å². The molecule has 1 atom stereocenters. The maximum absolute atomic E-state index is 13.0. The number of hydrogen-bond acceptors (Lipinski definition) is 3. The van der Waals surface area contributed by atoms with E-state index in [0.29, 0.717) is 25.3 Å². The number of ether oxygens (including phenoxy) is 1. The van der Waals surface area contributed by atoms with E-state index in [0.717, 1.165) is 23.6 Å². The molecule has 7 heteroatoms. The maximum atomic E-state index is 13.0. The Bertz CT molecular complexity index is 727. The smallest absolute Gasteiger partial charge is 0.322 e. The highest BCUT2D eigenvalue weighted by atomic mass is 16.5. The van der Waals surface area contributed by atoms with Crippen molar-refractivity contribution in [3.63, 3.8) is 0 Å².